The Labute approximate surface area is 149 Å². The van der Waals surface area contributed by atoms with Crippen LogP contribution < -0.4 is 5.32 Å². The molecule has 0 bridgehead atoms. The van der Waals surface area contributed by atoms with Crippen molar-refractivity contribution in [2.75, 3.05) is 5.32 Å². The van der Waals surface area contributed by atoms with Crippen molar-refractivity contribution in [2.24, 2.45) is 0 Å². The molecule has 1 aromatic rings. The lowest BCUT2D eigenvalue weighted by Gasteiger charge is -2.51. The van der Waals surface area contributed by atoms with Gasteiger partial charge in [-0.1, -0.05) is 25.1 Å². The van der Waals surface area contributed by atoms with Crippen molar-refractivity contribution in [3.63, 3.8) is 0 Å². The molecule has 0 radical (unpaired) electrons. The van der Waals surface area contributed by atoms with Gasteiger partial charge in [-0.3, -0.25) is 4.79 Å². The summed E-state index contributed by atoms with van der Waals surface area (Å²) in [7, 11) is 0. The Balaban J connectivity index is 2.70. The van der Waals surface area contributed by atoms with Gasteiger partial charge in [0.05, 0.1) is 0 Å². The lowest BCUT2D eigenvalue weighted by molar-refractivity contribution is -0.475. The number of aryl methyl sites for hydroxylation is 1. The highest BCUT2D eigenvalue weighted by Gasteiger charge is 3.02. The van der Waals surface area contributed by atoms with Crippen molar-refractivity contribution in [1.82, 2.24) is 0 Å². The molecule has 1 fully saturated rings. The minimum atomic E-state index is -7.36. The van der Waals surface area contributed by atoms with E-state index in [-0.39, 0.29) is 12.0 Å². The zero-order chi connectivity index (χ0) is 22.0. The van der Waals surface area contributed by atoms with Crippen LogP contribution in [-0.4, -0.2) is 41.2 Å². The monoisotopic (exact) mass is 429 g/mol. The average Bonchev–Trinajstić information content (AvgIpc) is 2.59. The van der Waals surface area contributed by atoms with Crippen LogP contribution in [0.25, 0.3) is 0 Å². The first kappa shape index (κ1) is 22.2. The number of carbonyl (C=O) groups excluding carboxylic acids is 1. The van der Waals surface area contributed by atoms with Crippen LogP contribution in [0.15, 0.2) is 24.3 Å². The molecular weight excluding hydrogens is 419 g/mol. The molecule has 0 aliphatic heterocycles. The Morgan fingerprint density at radius 3 is 1.57 bits per heavy atom. The highest BCUT2D eigenvalue weighted by Crippen LogP contribution is 2.69. The zero-order valence-electron chi connectivity index (χ0n) is 13.6. The molecule has 28 heavy (non-hydrogen) atoms. The van der Waals surface area contributed by atoms with E-state index in [0.717, 1.165) is 17.4 Å². The number of halogens is 11. The van der Waals surface area contributed by atoms with E-state index in [9.17, 15) is 53.1 Å². The molecule has 1 amide bonds. The van der Waals surface area contributed by atoms with Gasteiger partial charge in [-0.15, -0.1) is 0 Å². The first-order valence-corrected chi connectivity index (χ1v) is 7.42. The second-order valence-corrected chi connectivity index (χ2v) is 6.00. The molecule has 1 aliphatic rings. The predicted octanol–water partition coefficient (Wildman–Crippen LogP) is 5.09. The van der Waals surface area contributed by atoms with Gasteiger partial charge in [-0.2, -0.15) is 43.9 Å². The Bertz CT molecular complexity index is 760. The summed E-state index contributed by atoms with van der Waals surface area (Å²) in [5, 5.41) is 1.10. The molecule has 13 heteroatoms. The van der Waals surface area contributed by atoms with Gasteiger partial charge in [-0.25, -0.2) is 4.39 Å². The summed E-state index contributed by atoms with van der Waals surface area (Å²) >= 11 is 0. The third kappa shape index (κ3) is 2.24. The van der Waals surface area contributed by atoms with Crippen molar-refractivity contribution in [2.45, 2.75) is 48.6 Å². The van der Waals surface area contributed by atoms with Crippen LogP contribution in [0.5, 0.6) is 0 Å². The van der Waals surface area contributed by atoms with Crippen LogP contribution in [0.3, 0.4) is 0 Å². The van der Waals surface area contributed by atoms with Crippen molar-refractivity contribution >= 4 is 11.6 Å². The molecular formula is C15H10F11NO. The van der Waals surface area contributed by atoms with Crippen LogP contribution in [0.1, 0.15) is 12.5 Å². The quantitative estimate of drug-likeness (QED) is 0.667. The number of rotatable bonds is 3. The fourth-order valence-electron chi connectivity index (χ4n) is 2.67. The van der Waals surface area contributed by atoms with Crippen LogP contribution in [0.4, 0.5) is 54.0 Å². The normalized spacial score (nSPS) is 25.7. The molecule has 0 saturated heterocycles. The molecule has 1 aromatic carbocycles. The predicted molar refractivity (Wildman–Crippen MR) is 73.0 cm³/mol. The van der Waals surface area contributed by atoms with Gasteiger partial charge in [0.25, 0.3) is 5.91 Å². The molecule has 0 heterocycles. The second-order valence-electron chi connectivity index (χ2n) is 6.00. The number of hydrogen-bond acceptors (Lipinski definition) is 1. The van der Waals surface area contributed by atoms with E-state index < -0.39 is 46.9 Å². The number of hydrogen-bond donors (Lipinski definition) is 1. The van der Waals surface area contributed by atoms with Crippen molar-refractivity contribution in [3.8, 4) is 0 Å². The maximum atomic E-state index is 14.6. The summed E-state index contributed by atoms with van der Waals surface area (Å²) < 4.78 is 150. The molecule has 1 N–H and O–H groups in total. The lowest BCUT2D eigenvalue weighted by Crippen LogP contribution is -2.86. The van der Waals surface area contributed by atoms with E-state index in [4.69, 9.17) is 0 Å². The molecule has 1 aliphatic carbocycles. The SMILES string of the molecule is CCc1ccccc1NC(=O)C1(F)C(F)(F)C(F)(F)C(F)(F)C(F)(F)C1(F)F. The lowest BCUT2D eigenvalue weighted by atomic mass is 9.71. The Hall–Kier alpha value is -2.08. The first-order valence-electron chi connectivity index (χ1n) is 7.42. The second kappa shape index (κ2) is 5.96. The third-order valence-corrected chi connectivity index (χ3v) is 4.40. The molecule has 2 rings (SSSR count). The van der Waals surface area contributed by atoms with Crippen molar-refractivity contribution in [3.05, 3.63) is 29.8 Å². The fourth-order valence-corrected chi connectivity index (χ4v) is 2.67. The molecule has 0 aromatic heterocycles. The number of para-hydroxylation sites is 1. The minimum absolute atomic E-state index is 0.00532. The van der Waals surface area contributed by atoms with Gasteiger partial charge in [0.15, 0.2) is 0 Å². The minimum Gasteiger partial charge on any atom is -0.323 e. The third-order valence-electron chi connectivity index (χ3n) is 4.40. The van der Waals surface area contributed by atoms with Gasteiger partial charge in [0.2, 0.25) is 0 Å². The largest absolute Gasteiger partial charge is 0.384 e. The fraction of sp³-hybridized carbons (Fsp3) is 0.533. The number of amides is 1. The molecule has 0 atom stereocenters. The van der Waals surface area contributed by atoms with Crippen LogP contribution in [-0.2, 0) is 11.2 Å². The van der Waals surface area contributed by atoms with E-state index in [2.05, 4.69) is 0 Å². The topological polar surface area (TPSA) is 29.1 Å². The van der Waals surface area contributed by atoms with Gasteiger partial charge in [0, 0.05) is 5.69 Å². The Morgan fingerprint density at radius 2 is 1.14 bits per heavy atom. The smallest absolute Gasteiger partial charge is 0.323 e. The summed E-state index contributed by atoms with van der Waals surface area (Å²) in [5.41, 5.74) is -7.33. The Kier molecular flexibility index (Phi) is 4.73. The van der Waals surface area contributed by atoms with Gasteiger partial charge < -0.3 is 5.32 Å². The maximum Gasteiger partial charge on any atom is 0.384 e. The summed E-state index contributed by atoms with van der Waals surface area (Å²) in [6.07, 6.45) is -0.00703. The number of nitrogens with one attached hydrogen (secondary N) is 1. The van der Waals surface area contributed by atoms with Crippen LogP contribution in [0.2, 0.25) is 0 Å². The first-order chi connectivity index (χ1) is 12.4. The van der Waals surface area contributed by atoms with Crippen molar-refractivity contribution < 1.29 is 53.1 Å². The zero-order valence-corrected chi connectivity index (χ0v) is 13.6. The van der Waals surface area contributed by atoms with Gasteiger partial charge in [0.1, 0.15) is 0 Å². The summed E-state index contributed by atoms with van der Waals surface area (Å²) in [4.78, 5) is 11.8. The number of benzene rings is 1. The summed E-state index contributed by atoms with van der Waals surface area (Å²) in [6, 6.07) is 4.44. The molecule has 1 saturated carbocycles. The maximum absolute atomic E-state index is 14.6. The van der Waals surface area contributed by atoms with Crippen LogP contribution >= 0.6 is 0 Å². The van der Waals surface area contributed by atoms with E-state index in [1.807, 2.05) is 0 Å². The average molecular weight is 429 g/mol. The molecule has 158 valence electrons. The highest BCUT2D eigenvalue weighted by atomic mass is 19.4. The summed E-state index contributed by atoms with van der Waals surface area (Å²) in [6.45, 7) is 1.41. The Morgan fingerprint density at radius 1 is 0.750 bits per heavy atom. The van der Waals surface area contributed by atoms with Gasteiger partial charge in [-0.05, 0) is 18.1 Å². The number of carbonyl (C=O) groups is 1. The molecule has 2 nitrogen and oxygen atoms in total. The van der Waals surface area contributed by atoms with E-state index in [0.29, 0.717) is 0 Å². The van der Waals surface area contributed by atoms with Crippen molar-refractivity contribution in [1.29, 1.82) is 0 Å². The standard InChI is InChI=1S/C15H10F11NO/c1-2-7-5-3-4-6-8(7)27-9(28)10(16)11(17,18)13(21,22)15(25,26)14(23,24)12(10,19)20/h3-6H,2H2,1H3,(H,27,28). The van der Waals surface area contributed by atoms with E-state index >= 15 is 0 Å². The van der Waals surface area contributed by atoms with E-state index in [1.165, 1.54) is 19.1 Å². The molecule has 0 unspecified atom stereocenters. The summed E-state index contributed by atoms with van der Waals surface area (Å²) in [5.74, 6) is -39.7. The highest BCUT2D eigenvalue weighted by molar-refractivity contribution is 6.00. The molecule has 0 spiro atoms. The number of alkyl halides is 11. The number of anilines is 1. The van der Waals surface area contributed by atoms with E-state index in [1.54, 1.807) is 0 Å². The van der Waals surface area contributed by atoms with Crippen LogP contribution in [0, 0.1) is 0 Å². The van der Waals surface area contributed by atoms with Gasteiger partial charge >= 0.3 is 35.3 Å².